The van der Waals surface area contributed by atoms with Crippen LogP contribution in [0.3, 0.4) is 0 Å². The van der Waals surface area contributed by atoms with E-state index < -0.39 is 5.97 Å². The van der Waals surface area contributed by atoms with Crippen molar-refractivity contribution >= 4 is 11.8 Å². The summed E-state index contributed by atoms with van der Waals surface area (Å²) < 4.78 is 5.22. The lowest BCUT2D eigenvalue weighted by Crippen LogP contribution is -2.16. The average molecular weight is 276 g/mol. The second-order valence-corrected chi connectivity index (χ2v) is 5.07. The number of ketones is 1. The van der Waals surface area contributed by atoms with Crippen LogP contribution in [0.25, 0.3) is 0 Å². The van der Waals surface area contributed by atoms with E-state index in [0.717, 1.165) is 25.7 Å². The summed E-state index contributed by atoms with van der Waals surface area (Å²) in [5.41, 5.74) is 0.558. The second kappa shape index (κ2) is 9.29. The first-order valence-corrected chi connectivity index (χ1v) is 7.41. The summed E-state index contributed by atoms with van der Waals surface area (Å²) in [6.45, 7) is 4.68. The molecular weight excluding hydrogens is 252 g/mol. The lowest BCUT2D eigenvalue weighted by molar-refractivity contribution is -0.144. The molecule has 0 spiro atoms. The minimum absolute atomic E-state index is 0.172. The highest BCUT2D eigenvalue weighted by Gasteiger charge is 2.14. The Kier molecular flexibility index (Phi) is 7.63. The Morgan fingerprint density at radius 3 is 2.45 bits per heavy atom. The van der Waals surface area contributed by atoms with E-state index in [-0.39, 0.29) is 12.2 Å². The Hall–Kier alpha value is -1.64. The Balaban J connectivity index is 2.34. The normalized spacial score (nSPS) is 11.9. The van der Waals surface area contributed by atoms with E-state index >= 15 is 0 Å². The van der Waals surface area contributed by atoms with Gasteiger partial charge < -0.3 is 4.74 Å². The molecule has 0 aliphatic rings. The molecule has 0 aromatic heterocycles. The number of unbranched alkanes of at least 4 members (excludes halogenated alkanes) is 1. The highest BCUT2D eigenvalue weighted by molar-refractivity contribution is 6.05. The van der Waals surface area contributed by atoms with Gasteiger partial charge in [-0.2, -0.15) is 0 Å². The molecule has 20 heavy (non-hydrogen) atoms. The second-order valence-electron chi connectivity index (χ2n) is 5.07. The van der Waals surface area contributed by atoms with Crippen molar-refractivity contribution in [1.29, 1.82) is 0 Å². The summed E-state index contributed by atoms with van der Waals surface area (Å²) >= 11 is 0. The number of Topliss-reactive ketones (excluding diaryl/α,β-unsaturated/α-hetero) is 1. The zero-order chi connectivity index (χ0) is 14.8. The molecule has 0 aliphatic carbocycles. The van der Waals surface area contributed by atoms with Gasteiger partial charge in [0.15, 0.2) is 5.78 Å². The fourth-order valence-electron chi connectivity index (χ4n) is 2.02. The van der Waals surface area contributed by atoms with E-state index in [1.54, 1.807) is 24.3 Å². The summed E-state index contributed by atoms with van der Waals surface area (Å²) in [6.07, 6.45) is 4.21. The Morgan fingerprint density at radius 2 is 1.85 bits per heavy atom. The number of ether oxygens (including phenoxy) is 1. The average Bonchev–Trinajstić information content (AvgIpc) is 2.48. The maximum absolute atomic E-state index is 11.8. The van der Waals surface area contributed by atoms with Crippen LogP contribution in [0.5, 0.6) is 0 Å². The lowest BCUT2D eigenvalue weighted by atomic mass is 10.0. The quantitative estimate of drug-likeness (QED) is 0.389. The predicted molar refractivity (Wildman–Crippen MR) is 79.7 cm³/mol. The van der Waals surface area contributed by atoms with Crippen molar-refractivity contribution in [2.75, 3.05) is 6.61 Å². The van der Waals surface area contributed by atoms with Crippen molar-refractivity contribution < 1.29 is 14.3 Å². The van der Waals surface area contributed by atoms with Crippen LogP contribution in [-0.4, -0.2) is 18.4 Å². The van der Waals surface area contributed by atoms with Crippen LogP contribution in [0.1, 0.15) is 56.3 Å². The molecular formula is C17H24O3. The third-order valence-corrected chi connectivity index (χ3v) is 3.42. The van der Waals surface area contributed by atoms with E-state index in [1.165, 1.54) is 0 Å². The molecule has 1 rings (SSSR count). The summed E-state index contributed by atoms with van der Waals surface area (Å²) in [5, 5.41) is 0. The molecule has 0 amide bonds. The highest BCUT2D eigenvalue weighted by Crippen LogP contribution is 2.13. The SMILES string of the molecule is CCCCC(CC)COC(=O)CC(=O)c1ccccc1. The van der Waals surface area contributed by atoms with E-state index in [4.69, 9.17) is 4.74 Å². The number of rotatable bonds is 9. The number of carbonyl (C=O) groups is 2. The smallest absolute Gasteiger partial charge is 0.313 e. The molecule has 0 N–H and O–H groups in total. The molecule has 0 heterocycles. The fourth-order valence-corrected chi connectivity index (χ4v) is 2.02. The Morgan fingerprint density at radius 1 is 1.15 bits per heavy atom. The first kappa shape index (κ1) is 16.4. The van der Waals surface area contributed by atoms with E-state index in [9.17, 15) is 9.59 Å². The Labute approximate surface area is 121 Å². The third kappa shape index (κ3) is 6.00. The van der Waals surface area contributed by atoms with Gasteiger partial charge in [0.2, 0.25) is 0 Å². The van der Waals surface area contributed by atoms with Gasteiger partial charge in [0, 0.05) is 5.56 Å². The third-order valence-electron chi connectivity index (χ3n) is 3.42. The van der Waals surface area contributed by atoms with Gasteiger partial charge in [0.25, 0.3) is 0 Å². The molecule has 0 radical (unpaired) electrons. The maximum Gasteiger partial charge on any atom is 0.313 e. The van der Waals surface area contributed by atoms with E-state index in [1.807, 2.05) is 6.07 Å². The summed E-state index contributed by atoms with van der Waals surface area (Å²) in [4.78, 5) is 23.5. The van der Waals surface area contributed by atoms with Gasteiger partial charge in [-0.1, -0.05) is 63.4 Å². The van der Waals surface area contributed by atoms with Crippen molar-refractivity contribution in [3.8, 4) is 0 Å². The van der Waals surface area contributed by atoms with Gasteiger partial charge in [-0.25, -0.2) is 0 Å². The topological polar surface area (TPSA) is 43.4 Å². The number of hydrogen-bond donors (Lipinski definition) is 0. The van der Waals surface area contributed by atoms with Gasteiger partial charge in [0.05, 0.1) is 6.61 Å². The summed E-state index contributed by atoms with van der Waals surface area (Å²) in [7, 11) is 0. The van der Waals surface area contributed by atoms with Gasteiger partial charge >= 0.3 is 5.97 Å². The molecule has 0 aliphatic heterocycles. The number of esters is 1. The fraction of sp³-hybridized carbons (Fsp3) is 0.529. The van der Waals surface area contributed by atoms with Crippen LogP contribution in [0, 0.1) is 5.92 Å². The number of benzene rings is 1. The molecule has 1 aromatic rings. The number of carbonyl (C=O) groups excluding carboxylic acids is 2. The van der Waals surface area contributed by atoms with Gasteiger partial charge in [0.1, 0.15) is 6.42 Å². The number of hydrogen-bond acceptors (Lipinski definition) is 3. The monoisotopic (exact) mass is 276 g/mol. The van der Waals surface area contributed by atoms with Gasteiger partial charge in [-0.3, -0.25) is 9.59 Å². The standard InChI is InChI=1S/C17H24O3/c1-3-5-9-14(4-2)13-20-17(19)12-16(18)15-10-7-6-8-11-15/h6-8,10-11,14H,3-5,9,12-13H2,1-2H3. The van der Waals surface area contributed by atoms with Crippen molar-refractivity contribution in [2.45, 2.75) is 46.0 Å². The first-order chi connectivity index (χ1) is 9.67. The van der Waals surface area contributed by atoms with E-state index in [0.29, 0.717) is 18.1 Å². The van der Waals surface area contributed by atoms with Crippen LogP contribution in [-0.2, 0) is 9.53 Å². The van der Waals surface area contributed by atoms with Crippen LogP contribution in [0.2, 0.25) is 0 Å². The minimum Gasteiger partial charge on any atom is -0.465 e. The van der Waals surface area contributed by atoms with Crippen LogP contribution in [0.15, 0.2) is 30.3 Å². The molecule has 3 heteroatoms. The molecule has 110 valence electrons. The summed E-state index contributed by atoms with van der Waals surface area (Å²) in [6, 6.07) is 8.85. The molecule has 0 saturated heterocycles. The Bertz CT molecular complexity index is 412. The van der Waals surface area contributed by atoms with E-state index in [2.05, 4.69) is 13.8 Å². The highest BCUT2D eigenvalue weighted by atomic mass is 16.5. The summed E-state index contributed by atoms with van der Waals surface area (Å²) in [5.74, 6) is -0.197. The molecule has 0 bridgehead atoms. The molecule has 1 unspecified atom stereocenters. The maximum atomic E-state index is 11.8. The van der Waals surface area contributed by atoms with Crippen LogP contribution < -0.4 is 0 Å². The first-order valence-electron chi connectivity index (χ1n) is 7.41. The van der Waals surface area contributed by atoms with Gasteiger partial charge in [-0.05, 0) is 12.3 Å². The molecule has 3 nitrogen and oxygen atoms in total. The minimum atomic E-state index is -0.422. The zero-order valence-corrected chi connectivity index (χ0v) is 12.4. The zero-order valence-electron chi connectivity index (χ0n) is 12.4. The molecule has 0 fully saturated rings. The van der Waals surface area contributed by atoms with Crippen molar-refractivity contribution in [1.82, 2.24) is 0 Å². The van der Waals surface area contributed by atoms with Gasteiger partial charge in [-0.15, -0.1) is 0 Å². The van der Waals surface area contributed by atoms with Crippen molar-refractivity contribution in [3.63, 3.8) is 0 Å². The largest absolute Gasteiger partial charge is 0.465 e. The molecule has 1 atom stereocenters. The van der Waals surface area contributed by atoms with Crippen LogP contribution >= 0.6 is 0 Å². The van der Waals surface area contributed by atoms with Crippen molar-refractivity contribution in [2.24, 2.45) is 5.92 Å². The molecule has 1 aromatic carbocycles. The predicted octanol–water partition coefficient (Wildman–Crippen LogP) is 4.02. The van der Waals surface area contributed by atoms with Crippen molar-refractivity contribution in [3.05, 3.63) is 35.9 Å². The lowest BCUT2D eigenvalue weighted by Gasteiger charge is -2.14. The van der Waals surface area contributed by atoms with Crippen LogP contribution in [0.4, 0.5) is 0 Å². The molecule has 0 saturated carbocycles.